The Labute approximate surface area is 212 Å². The predicted molar refractivity (Wildman–Crippen MR) is 123 cm³/mol. The van der Waals surface area contributed by atoms with E-state index in [1.54, 1.807) is 32.0 Å². The lowest BCUT2D eigenvalue weighted by molar-refractivity contribution is -0.143. The van der Waals surface area contributed by atoms with E-state index >= 15 is 0 Å². The number of fused-ring (bicyclic) bond motifs is 1. The lowest BCUT2D eigenvalue weighted by Gasteiger charge is -2.29. The van der Waals surface area contributed by atoms with E-state index in [0.717, 1.165) is 4.90 Å². The minimum atomic E-state index is -5.00. The quantitative estimate of drug-likeness (QED) is 0.213. The number of benzene rings is 2. The Bertz CT molecular complexity index is 1130. The maximum Gasteiger partial charge on any atom is 0.416 e. The van der Waals surface area contributed by atoms with Crippen LogP contribution in [0.3, 0.4) is 0 Å². The Hall–Kier alpha value is -2.94. The number of halogens is 7. The summed E-state index contributed by atoms with van der Waals surface area (Å²) < 4.78 is 85.8. The summed E-state index contributed by atoms with van der Waals surface area (Å²) in [5.74, 6) is 0. The van der Waals surface area contributed by atoms with Crippen molar-refractivity contribution < 1.29 is 35.9 Å². The van der Waals surface area contributed by atoms with Crippen molar-refractivity contribution in [1.29, 1.82) is 5.26 Å². The van der Waals surface area contributed by atoms with Gasteiger partial charge in [-0.3, -0.25) is 9.80 Å². The smallest absolute Gasteiger partial charge is 0.416 e. The molecule has 2 aromatic rings. The lowest BCUT2D eigenvalue weighted by Crippen LogP contribution is -2.34. The standard InChI is InChI=1S/C24H22BrF6N3O2/c1-14(2)36-22(35)34-7-3-4-20(19-11-18(25)5-6-21(19)34)33(13-32)12-15-8-16(23(26,27)28)10-17(9-15)24(29,30)31/h5-6,8-11,14,20H,3-4,7,12H2,1-2H3. The van der Waals surface area contributed by atoms with E-state index in [1.807, 2.05) is 6.19 Å². The van der Waals surface area contributed by atoms with E-state index in [1.165, 1.54) is 4.90 Å². The van der Waals surface area contributed by atoms with Crippen molar-refractivity contribution >= 4 is 27.7 Å². The number of nitriles is 1. The van der Waals surface area contributed by atoms with Crippen molar-refractivity contribution in [3.63, 3.8) is 0 Å². The number of anilines is 1. The second-order valence-corrected chi connectivity index (χ2v) is 9.50. The molecule has 1 atom stereocenters. The molecule has 12 heteroatoms. The van der Waals surface area contributed by atoms with Gasteiger partial charge in [0.15, 0.2) is 6.19 Å². The van der Waals surface area contributed by atoms with Crippen LogP contribution in [0.2, 0.25) is 0 Å². The molecular weight excluding hydrogens is 556 g/mol. The fourth-order valence-electron chi connectivity index (χ4n) is 4.06. The Morgan fingerprint density at radius 1 is 1.14 bits per heavy atom. The molecule has 0 saturated heterocycles. The summed E-state index contributed by atoms with van der Waals surface area (Å²) in [7, 11) is 0. The number of carbonyl (C=O) groups excluding carboxylic acids is 1. The fraction of sp³-hybridized carbons (Fsp3) is 0.417. The van der Waals surface area contributed by atoms with Gasteiger partial charge in [-0.25, -0.2) is 4.79 Å². The molecule has 0 bridgehead atoms. The molecule has 0 fully saturated rings. The maximum atomic E-state index is 13.3. The van der Waals surface area contributed by atoms with Crippen LogP contribution in [0.15, 0.2) is 40.9 Å². The number of amides is 1. The Kier molecular flexibility index (Phi) is 8.13. The molecule has 3 rings (SSSR count). The predicted octanol–water partition coefficient (Wildman–Crippen LogP) is 7.66. The average molecular weight is 578 g/mol. The molecule has 1 aliphatic heterocycles. The van der Waals surface area contributed by atoms with E-state index in [2.05, 4.69) is 15.9 Å². The Balaban J connectivity index is 2.03. The zero-order valence-electron chi connectivity index (χ0n) is 19.3. The van der Waals surface area contributed by atoms with Crippen LogP contribution in [0.1, 0.15) is 55.0 Å². The van der Waals surface area contributed by atoms with Gasteiger partial charge < -0.3 is 4.74 Å². The Morgan fingerprint density at radius 3 is 2.28 bits per heavy atom. The van der Waals surface area contributed by atoms with E-state index in [-0.39, 0.29) is 24.3 Å². The second kappa shape index (κ2) is 10.6. The molecule has 0 aromatic heterocycles. The number of alkyl halides is 6. The van der Waals surface area contributed by atoms with Gasteiger partial charge in [-0.15, -0.1) is 0 Å². The highest BCUT2D eigenvalue weighted by molar-refractivity contribution is 9.10. The maximum absolute atomic E-state index is 13.3. The van der Waals surface area contributed by atoms with Gasteiger partial charge in [-0.2, -0.15) is 31.6 Å². The zero-order valence-corrected chi connectivity index (χ0v) is 20.8. The molecule has 0 spiro atoms. The van der Waals surface area contributed by atoms with E-state index < -0.39 is 42.2 Å². The molecular formula is C24H22BrF6N3O2. The number of hydrogen-bond donors (Lipinski definition) is 0. The first-order chi connectivity index (χ1) is 16.7. The van der Waals surface area contributed by atoms with Gasteiger partial charge in [0, 0.05) is 16.6 Å². The lowest BCUT2D eigenvalue weighted by atomic mass is 9.98. The largest absolute Gasteiger partial charge is 0.446 e. The van der Waals surface area contributed by atoms with Gasteiger partial charge >= 0.3 is 18.4 Å². The minimum Gasteiger partial charge on any atom is -0.446 e. The summed E-state index contributed by atoms with van der Waals surface area (Å²) in [5, 5.41) is 9.89. The highest BCUT2D eigenvalue weighted by Crippen LogP contribution is 2.40. The molecule has 0 saturated carbocycles. The van der Waals surface area contributed by atoms with Gasteiger partial charge in [-0.05, 0) is 68.7 Å². The zero-order chi connectivity index (χ0) is 26.8. The van der Waals surface area contributed by atoms with Gasteiger partial charge in [0.05, 0.1) is 35.5 Å². The van der Waals surface area contributed by atoms with Crippen molar-refractivity contribution in [2.75, 3.05) is 11.4 Å². The van der Waals surface area contributed by atoms with Crippen molar-refractivity contribution in [3.05, 3.63) is 63.1 Å². The van der Waals surface area contributed by atoms with E-state index in [0.29, 0.717) is 40.7 Å². The van der Waals surface area contributed by atoms with Crippen LogP contribution >= 0.6 is 15.9 Å². The molecule has 0 aliphatic carbocycles. The van der Waals surface area contributed by atoms with Crippen LogP contribution < -0.4 is 4.90 Å². The summed E-state index contributed by atoms with van der Waals surface area (Å²) in [6.07, 6.45) is -8.30. The Morgan fingerprint density at radius 2 is 1.75 bits per heavy atom. The molecule has 36 heavy (non-hydrogen) atoms. The molecule has 0 N–H and O–H groups in total. The molecule has 1 aliphatic rings. The third-order valence-corrected chi connectivity index (χ3v) is 6.05. The van der Waals surface area contributed by atoms with Crippen LogP contribution in [-0.4, -0.2) is 23.6 Å². The van der Waals surface area contributed by atoms with Crippen LogP contribution in [0.25, 0.3) is 0 Å². The molecule has 1 heterocycles. The van der Waals surface area contributed by atoms with Crippen molar-refractivity contribution in [2.24, 2.45) is 0 Å². The highest BCUT2D eigenvalue weighted by Gasteiger charge is 2.37. The van der Waals surface area contributed by atoms with E-state index in [4.69, 9.17) is 4.74 Å². The normalized spacial score (nSPS) is 16.2. The number of rotatable bonds is 4. The van der Waals surface area contributed by atoms with Gasteiger partial charge in [0.2, 0.25) is 0 Å². The monoisotopic (exact) mass is 577 g/mol. The van der Waals surface area contributed by atoms with E-state index in [9.17, 15) is 36.4 Å². The fourth-order valence-corrected chi connectivity index (χ4v) is 4.44. The number of hydrogen-bond acceptors (Lipinski definition) is 4. The van der Waals surface area contributed by atoms with Crippen molar-refractivity contribution in [2.45, 2.75) is 57.7 Å². The molecule has 5 nitrogen and oxygen atoms in total. The second-order valence-electron chi connectivity index (χ2n) is 8.59. The molecule has 1 unspecified atom stereocenters. The van der Waals surface area contributed by atoms with Crippen LogP contribution in [0.4, 0.5) is 36.8 Å². The highest BCUT2D eigenvalue weighted by atomic mass is 79.9. The summed E-state index contributed by atoms with van der Waals surface area (Å²) in [6.45, 7) is 3.17. The van der Waals surface area contributed by atoms with Crippen molar-refractivity contribution in [1.82, 2.24) is 4.90 Å². The third-order valence-electron chi connectivity index (χ3n) is 5.56. The molecule has 2 aromatic carbocycles. The van der Waals surface area contributed by atoms with Crippen molar-refractivity contribution in [3.8, 4) is 6.19 Å². The summed E-state index contributed by atoms with van der Waals surface area (Å²) in [4.78, 5) is 15.3. The summed E-state index contributed by atoms with van der Waals surface area (Å²) >= 11 is 3.36. The first-order valence-corrected chi connectivity index (χ1v) is 11.7. The van der Waals surface area contributed by atoms with Gasteiger partial charge in [0.25, 0.3) is 0 Å². The topological polar surface area (TPSA) is 56.6 Å². The summed E-state index contributed by atoms with van der Waals surface area (Å²) in [6, 6.07) is 5.60. The number of carbonyl (C=O) groups is 1. The summed E-state index contributed by atoms with van der Waals surface area (Å²) in [5.41, 5.74) is -2.23. The van der Waals surface area contributed by atoms with Crippen LogP contribution in [-0.2, 0) is 23.6 Å². The first-order valence-electron chi connectivity index (χ1n) is 10.9. The third kappa shape index (κ3) is 6.43. The number of ether oxygens (including phenoxy) is 1. The van der Waals surface area contributed by atoms with Crippen LogP contribution in [0.5, 0.6) is 0 Å². The van der Waals surface area contributed by atoms with Crippen LogP contribution in [0, 0.1) is 11.5 Å². The first kappa shape index (κ1) is 27.6. The molecule has 194 valence electrons. The number of nitrogens with zero attached hydrogens (tertiary/aromatic N) is 3. The minimum absolute atomic E-state index is 0.0521. The SMILES string of the molecule is CC(C)OC(=O)N1CCCC(N(C#N)Cc2cc(C(F)(F)F)cc(C(F)(F)F)c2)c2cc(Br)ccc21. The van der Waals surface area contributed by atoms with Gasteiger partial charge in [0.1, 0.15) is 0 Å². The average Bonchev–Trinajstić information content (AvgIpc) is 2.95. The molecule has 1 amide bonds. The molecule has 0 radical (unpaired) electrons. The van der Waals surface area contributed by atoms with Gasteiger partial charge in [-0.1, -0.05) is 15.9 Å².